The highest BCUT2D eigenvalue weighted by molar-refractivity contribution is 7.99. The molecule has 0 unspecified atom stereocenters. The van der Waals surface area contributed by atoms with E-state index in [2.05, 4.69) is 22.3 Å². The second kappa shape index (κ2) is 8.53. The van der Waals surface area contributed by atoms with Gasteiger partial charge in [-0.1, -0.05) is 18.2 Å². The molecule has 2 aliphatic rings. The van der Waals surface area contributed by atoms with Crippen molar-refractivity contribution < 1.29 is 9.59 Å². The van der Waals surface area contributed by atoms with Crippen molar-refractivity contribution in [2.75, 3.05) is 38.5 Å². The fourth-order valence-corrected chi connectivity index (χ4v) is 3.65. The van der Waals surface area contributed by atoms with Gasteiger partial charge in [-0.05, 0) is 25.0 Å². The highest BCUT2D eigenvalue weighted by Crippen LogP contribution is 2.19. The molecule has 3 rings (SSSR count). The van der Waals surface area contributed by atoms with Gasteiger partial charge in [-0.25, -0.2) is 0 Å². The number of carbonyl (C=O) groups excluding carboxylic acids is 2. The average Bonchev–Trinajstić information content (AvgIpc) is 3.40. The first kappa shape index (κ1) is 17.3. The maximum Gasteiger partial charge on any atom is 0.234 e. The van der Waals surface area contributed by atoms with Gasteiger partial charge in [0.25, 0.3) is 0 Å². The van der Waals surface area contributed by atoms with Crippen LogP contribution in [0.1, 0.15) is 19.3 Å². The summed E-state index contributed by atoms with van der Waals surface area (Å²) in [6.45, 7) is 3.49. The molecule has 1 aromatic rings. The van der Waals surface area contributed by atoms with Gasteiger partial charge in [-0.15, -0.1) is 11.8 Å². The Morgan fingerprint density at radius 1 is 1.08 bits per heavy atom. The molecule has 1 heterocycles. The number of nitrogens with one attached hydrogen (secondary N) is 1. The van der Waals surface area contributed by atoms with Crippen LogP contribution in [0.15, 0.2) is 35.2 Å². The molecule has 24 heavy (non-hydrogen) atoms. The SMILES string of the molecule is O=C(CN1CCN(C(=O)CCSc2ccccc2)CC1)NC1CC1. The predicted molar refractivity (Wildman–Crippen MR) is 96.0 cm³/mol. The van der Waals surface area contributed by atoms with E-state index in [9.17, 15) is 9.59 Å². The van der Waals surface area contributed by atoms with Crippen LogP contribution in [0.5, 0.6) is 0 Å². The molecule has 6 heteroatoms. The zero-order valence-corrected chi connectivity index (χ0v) is 14.8. The Labute approximate surface area is 147 Å². The van der Waals surface area contributed by atoms with Crippen LogP contribution in [-0.2, 0) is 9.59 Å². The van der Waals surface area contributed by atoms with Crippen LogP contribution in [0, 0.1) is 0 Å². The van der Waals surface area contributed by atoms with E-state index in [1.165, 1.54) is 4.90 Å². The van der Waals surface area contributed by atoms with Crippen molar-refractivity contribution in [2.24, 2.45) is 0 Å². The van der Waals surface area contributed by atoms with Gasteiger partial charge in [0.05, 0.1) is 6.54 Å². The van der Waals surface area contributed by atoms with Crippen molar-refractivity contribution in [1.29, 1.82) is 0 Å². The van der Waals surface area contributed by atoms with Gasteiger partial charge in [0, 0.05) is 49.3 Å². The lowest BCUT2D eigenvalue weighted by molar-refractivity contribution is -0.132. The second-order valence-electron chi connectivity index (χ2n) is 6.41. The molecule has 5 nitrogen and oxygen atoms in total. The molecule has 2 fully saturated rings. The number of nitrogens with zero attached hydrogens (tertiary/aromatic N) is 2. The van der Waals surface area contributed by atoms with Gasteiger partial charge < -0.3 is 10.2 Å². The zero-order chi connectivity index (χ0) is 16.8. The third kappa shape index (κ3) is 5.53. The molecule has 0 radical (unpaired) electrons. The summed E-state index contributed by atoms with van der Waals surface area (Å²) in [4.78, 5) is 29.4. The number of rotatable bonds is 7. The minimum atomic E-state index is 0.122. The number of carbonyl (C=O) groups is 2. The lowest BCUT2D eigenvalue weighted by Gasteiger charge is -2.34. The molecule has 1 aliphatic heterocycles. The Hall–Kier alpha value is -1.53. The summed E-state index contributed by atoms with van der Waals surface area (Å²) in [6, 6.07) is 10.6. The minimum absolute atomic E-state index is 0.122. The summed E-state index contributed by atoms with van der Waals surface area (Å²) < 4.78 is 0. The zero-order valence-electron chi connectivity index (χ0n) is 13.9. The summed E-state index contributed by atoms with van der Waals surface area (Å²) in [6.07, 6.45) is 2.81. The molecule has 2 amide bonds. The van der Waals surface area contributed by atoms with Crippen LogP contribution in [0.2, 0.25) is 0 Å². The van der Waals surface area contributed by atoms with Crippen molar-refractivity contribution in [2.45, 2.75) is 30.2 Å². The van der Waals surface area contributed by atoms with Gasteiger partial charge in [-0.3, -0.25) is 14.5 Å². The first-order valence-corrected chi connectivity index (χ1v) is 9.66. The van der Waals surface area contributed by atoms with Crippen molar-refractivity contribution in [3.05, 3.63) is 30.3 Å². The van der Waals surface area contributed by atoms with Crippen LogP contribution in [-0.4, -0.2) is 66.1 Å². The summed E-state index contributed by atoms with van der Waals surface area (Å²) >= 11 is 1.72. The molecule has 1 saturated heterocycles. The number of piperazine rings is 1. The maximum absolute atomic E-state index is 12.3. The highest BCUT2D eigenvalue weighted by Gasteiger charge is 2.26. The van der Waals surface area contributed by atoms with E-state index in [1.807, 2.05) is 23.1 Å². The summed E-state index contributed by atoms with van der Waals surface area (Å²) in [5.41, 5.74) is 0. The number of amides is 2. The number of thioether (sulfide) groups is 1. The third-order valence-electron chi connectivity index (χ3n) is 4.36. The molecule has 0 bridgehead atoms. The third-order valence-corrected chi connectivity index (χ3v) is 5.38. The standard InChI is InChI=1S/C18H25N3O2S/c22-17(19-15-6-7-15)14-20-9-11-21(12-10-20)18(23)8-13-24-16-4-2-1-3-5-16/h1-5,15H,6-14H2,(H,19,22). The van der Waals surface area contributed by atoms with E-state index >= 15 is 0 Å². The van der Waals surface area contributed by atoms with Gasteiger partial charge in [-0.2, -0.15) is 0 Å². The van der Waals surface area contributed by atoms with Crippen LogP contribution >= 0.6 is 11.8 Å². The lowest BCUT2D eigenvalue weighted by Crippen LogP contribution is -2.51. The Kier molecular flexibility index (Phi) is 6.15. The number of hydrogen-bond acceptors (Lipinski definition) is 4. The lowest BCUT2D eigenvalue weighted by atomic mass is 10.3. The molecule has 1 saturated carbocycles. The molecule has 0 spiro atoms. The fourth-order valence-electron chi connectivity index (χ4n) is 2.79. The molecule has 0 atom stereocenters. The normalized spacial score (nSPS) is 18.4. The molecule has 1 aromatic carbocycles. The smallest absolute Gasteiger partial charge is 0.234 e. The van der Waals surface area contributed by atoms with Crippen LogP contribution in [0.3, 0.4) is 0 Å². The number of hydrogen-bond donors (Lipinski definition) is 1. The monoisotopic (exact) mass is 347 g/mol. The molecule has 1 aliphatic carbocycles. The topological polar surface area (TPSA) is 52.7 Å². The average molecular weight is 347 g/mol. The first-order valence-electron chi connectivity index (χ1n) is 8.68. The predicted octanol–water partition coefficient (Wildman–Crippen LogP) is 1.59. The molecule has 1 N–H and O–H groups in total. The largest absolute Gasteiger partial charge is 0.352 e. The van der Waals surface area contributed by atoms with Crippen molar-refractivity contribution in [3.8, 4) is 0 Å². The van der Waals surface area contributed by atoms with Crippen LogP contribution < -0.4 is 5.32 Å². The second-order valence-corrected chi connectivity index (χ2v) is 7.58. The summed E-state index contributed by atoms with van der Waals surface area (Å²) in [5.74, 6) is 1.16. The Bertz CT molecular complexity index is 555. The van der Waals surface area contributed by atoms with Crippen LogP contribution in [0.4, 0.5) is 0 Å². The van der Waals surface area contributed by atoms with E-state index in [0.29, 0.717) is 19.0 Å². The Morgan fingerprint density at radius 3 is 2.46 bits per heavy atom. The Balaban J connectivity index is 1.31. The molecular weight excluding hydrogens is 322 g/mol. The molecule has 130 valence electrons. The minimum Gasteiger partial charge on any atom is -0.352 e. The van der Waals surface area contributed by atoms with Gasteiger partial charge in [0.15, 0.2) is 0 Å². The van der Waals surface area contributed by atoms with Gasteiger partial charge in [0.2, 0.25) is 11.8 Å². The van der Waals surface area contributed by atoms with Crippen molar-refractivity contribution >= 4 is 23.6 Å². The summed E-state index contributed by atoms with van der Waals surface area (Å²) in [7, 11) is 0. The Morgan fingerprint density at radius 2 is 1.79 bits per heavy atom. The van der Waals surface area contributed by atoms with Crippen LogP contribution in [0.25, 0.3) is 0 Å². The van der Waals surface area contributed by atoms with E-state index in [-0.39, 0.29) is 11.8 Å². The molecular formula is C18H25N3O2S. The summed E-state index contributed by atoms with van der Waals surface area (Å²) in [5, 5.41) is 3.01. The quantitative estimate of drug-likeness (QED) is 0.761. The first-order chi connectivity index (χ1) is 11.7. The van der Waals surface area contributed by atoms with Gasteiger partial charge in [0.1, 0.15) is 0 Å². The number of benzene rings is 1. The van der Waals surface area contributed by atoms with Gasteiger partial charge >= 0.3 is 0 Å². The van der Waals surface area contributed by atoms with Crippen molar-refractivity contribution in [1.82, 2.24) is 15.1 Å². The maximum atomic E-state index is 12.3. The van der Waals surface area contributed by atoms with E-state index < -0.39 is 0 Å². The van der Waals surface area contributed by atoms with E-state index in [0.717, 1.165) is 44.8 Å². The van der Waals surface area contributed by atoms with E-state index in [4.69, 9.17) is 0 Å². The fraction of sp³-hybridized carbons (Fsp3) is 0.556. The van der Waals surface area contributed by atoms with E-state index in [1.54, 1.807) is 11.8 Å². The highest BCUT2D eigenvalue weighted by atomic mass is 32.2. The molecule has 0 aromatic heterocycles. The van der Waals surface area contributed by atoms with Crippen molar-refractivity contribution in [3.63, 3.8) is 0 Å².